The summed E-state index contributed by atoms with van der Waals surface area (Å²) in [4.78, 5) is 28.7. The molecule has 0 spiro atoms. The van der Waals surface area contributed by atoms with Crippen LogP contribution in [0, 0.1) is 12.7 Å². The van der Waals surface area contributed by atoms with Gasteiger partial charge in [-0.15, -0.1) is 0 Å². The molecule has 0 saturated carbocycles. The quantitative estimate of drug-likeness (QED) is 0.485. The van der Waals surface area contributed by atoms with Crippen LogP contribution in [0.1, 0.15) is 34.8 Å². The molecule has 1 aromatic carbocycles. The maximum atomic E-state index is 13.3. The number of carbonyl (C=O) groups excluding carboxylic acids is 1. The number of halogens is 1. The molecule has 5 rings (SSSR count). The third kappa shape index (κ3) is 3.40. The van der Waals surface area contributed by atoms with Crippen LogP contribution in [0.5, 0.6) is 0 Å². The molecule has 4 heterocycles. The first kappa shape index (κ1) is 19.5. The molecule has 7 nitrogen and oxygen atoms in total. The summed E-state index contributed by atoms with van der Waals surface area (Å²) in [5.74, 6) is 0.958. The third-order valence-electron chi connectivity index (χ3n) is 5.44. The van der Waals surface area contributed by atoms with E-state index < -0.39 is 0 Å². The van der Waals surface area contributed by atoms with Gasteiger partial charge in [0.2, 0.25) is 0 Å². The second kappa shape index (κ2) is 7.66. The van der Waals surface area contributed by atoms with Crippen LogP contribution in [0.15, 0.2) is 48.8 Å². The Bertz CT molecular complexity index is 1250. The smallest absolute Gasteiger partial charge is 0.254 e. The normalized spacial score (nSPS) is 15.7. The topological polar surface area (TPSA) is 76.8 Å². The summed E-state index contributed by atoms with van der Waals surface area (Å²) in [6, 6.07) is 9.24. The summed E-state index contributed by atoms with van der Waals surface area (Å²) < 4.78 is 19.7. The van der Waals surface area contributed by atoms with E-state index in [1.54, 1.807) is 17.3 Å². The summed E-state index contributed by atoms with van der Waals surface area (Å²) >= 11 is 1.31. The lowest BCUT2D eigenvalue weighted by molar-refractivity contribution is 0.0645. The molecule has 1 atom stereocenters. The predicted molar refractivity (Wildman–Crippen MR) is 115 cm³/mol. The number of imidazole rings is 1. The van der Waals surface area contributed by atoms with Crippen molar-refractivity contribution in [2.75, 3.05) is 6.54 Å². The van der Waals surface area contributed by atoms with Crippen LogP contribution in [0.2, 0.25) is 0 Å². The second-order valence-corrected chi connectivity index (χ2v) is 8.14. The van der Waals surface area contributed by atoms with Crippen molar-refractivity contribution in [1.29, 1.82) is 0 Å². The maximum absolute atomic E-state index is 13.3. The summed E-state index contributed by atoms with van der Waals surface area (Å²) in [5, 5.41) is 0.749. The van der Waals surface area contributed by atoms with E-state index in [1.807, 2.05) is 26.0 Å². The Labute approximate surface area is 182 Å². The van der Waals surface area contributed by atoms with E-state index in [0.717, 1.165) is 27.8 Å². The number of fused-ring (bicyclic) bond motifs is 1. The van der Waals surface area contributed by atoms with Crippen molar-refractivity contribution in [3.63, 3.8) is 0 Å². The van der Waals surface area contributed by atoms with Gasteiger partial charge in [-0.05, 0) is 61.8 Å². The Hall–Kier alpha value is -3.46. The van der Waals surface area contributed by atoms with E-state index in [9.17, 15) is 9.18 Å². The number of aryl methyl sites for hydroxylation is 1. The average Bonchev–Trinajstić information content (AvgIpc) is 3.39. The lowest BCUT2D eigenvalue weighted by atomic mass is 10.0. The summed E-state index contributed by atoms with van der Waals surface area (Å²) in [6.07, 6.45) is 3.49. The van der Waals surface area contributed by atoms with Gasteiger partial charge in [0, 0.05) is 36.6 Å². The maximum Gasteiger partial charge on any atom is 0.254 e. The van der Waals surface area contributed by atoms with Crippen LogP contribution in [-0.2, 0) is 6.54 Å². The fraction of sp³-hybridized carbons (Fsp3) is 0.227. The molecule has 9 heteroatoms. The number of aromatic nitrogens is 5. The summed E-state index contributed by atoms with van der Waals surface area (Å²) in [5.41, 5.74) is 3.04. The van der Waals surface area contributed by atoms with Crippen molar-refractivity contribution in [1.82, 2.24) is 28.8 Å². The van der Waals surface area contributed by atoms with E-state index in [0.29, 0.717) is 24.5 Å². The highest BCUT2D eigenvalue weighted by molar-refractivity contribution is 7.09. The van der Waals surface area contributed by atoms with Gasteiger partial charge in [-0.1, -0.05) is 0 Å². The lowest BCUT2D eigenvalue weighted by Gasteiger charge is -2.35. The van der Waals surface area contributed by atoms with Crippen LogP contribution >= 0.6 is 11.5 Å². The largest absolute Gasteiger partial charge is 0.329 e. The number of hydrogen-bond donors (Lipinski definition) is 0. The summed E-state index contributed by atoms with van der Waals surface area (Å²) in [7, 11) is 0. The second-order valence-electron chi connectivity index (χ2n) is 7.39. The van der Waals surface area contributed by atoms with E-state index in [1.165, 1.54) is 35.8 Å². The first-order valence-electron chi connectivity index (χ1n) is 9.91. The number of carbonyl (C=O) groups is 1. The number of pyridine rings is 1. The van der Waals surface area contributed by atoms with Gasteiger partial charge < -0.3 is 9.47 Å². The predicted octanol–water partition coefficient (Wildman–Crippen LogP) is 4.13. The molecule has 3 aromatic heterocycles. The molecule has 156 valence electrons. The molecule has 0 radical (unpaired) electrons. The SMILES string of the molecule is Cc1nsc(-c2nc(-c3cccnc3)c3n2CCN(C(=O)c2ccc(F)cc2)[C@@H]3C)n1. The molecular formula is C22H19FN6OS. The zero-order valence-corrected chi connectivity index (χ0v) is 17.8. The number of hydrogen-bond acceptors (Lipinski definition) is 6. The molecule has 1 aliphatic rings. The standard InChI is InChI=1S/C22H19FN6OS/c1-13-19-18(16-4-3-9-24-12-16)26-20(21-25-14(2)27-31-21)29(19)11-10-28(13)22(30)15-5-7-17(23)8-6-15/h3-9,12-13H,10-11H2,1-2H3/t13-/m1/s1. The van der Waals surface area contributed by atoms with Crippen molar-refractivity contribution in [2.45, 2.75) is 26.4 Å². The van der Waals surface area contributed by atoms with E-state index in [4.69, 9.17) is 4.98 Å². The monoisotopic (exact) mass is 434 g/mol. The van der Waals surface area contributed by atoms with E-state index >= 15 is 0 Å². The average molecular weight is 435 g/mol. The van der Waals surface area contributed by atoms with Gasteiger partial charge in [0.25, 0.3) is 5.91 Å². The number of amides is 1. The minimum atomic E-state index is -0.364. The molecule has 0 fully saturated rings. The Balaban J connectivity index is 1.61. The van der Waals surface area contributed by atoms with Crippen LogP contribution in [0.3, 0.4) is 0 Å². The van der Waals surface area contributed by atoms with Gasteiger partial charge in [0.15, 0.2) is 10.8 Å². The molecule has 0 saturated heterocycles. The number of nitrogens with zero attached hydrogens (tertiary/aromatic N) is 6. The van der Waals surface area contributed by atoms with Gasteiger partial charge in [0.05, 0.1) is 17.4 Å². The third-order valence-corrected chi connectivity index (χ3v) is 6.24. The molecule has 4 aromatic rings. The zero-order valence-electron chi connectivity index (χ0n) is 17.0. The van der Waals surface area contributed by atoms with Gasteiger partial charge in [-0.3, -0.25) is 9.78 Å². The van der Waals surface area contributed by atoms with E-state index in [-0.39, 0.29) is 17.8 Å². The van der Waals surface area contributed by atoms with Crippen molar-refractivity contribution in [2.24, 2.45) is 0 Å². The van der Waals surface area contributed by atoms with Crippen LogP contribution in [0.4, 0.5) is 4.39 Å². The van der Waals surface area contributed by atoms with E-state index in [2.05, 4.69) is 18.9 Å². The fourth-order valence-electron chi connectivity index (χ4n) is 3.97. The van der Waals surface area contributed by atoms with Crippen LogP contribution < -0.4 is 0 Å². The molecule has 0 bridgehead atoms. The van der Waals surface area contributed by atoms with Gasteiger partial charge >= 0.3 is 0 Å². The highest BCUT2D eigenvalue weighted by Crippen LogP contribution is 2.38. The van der Waals surface area contributed by atoms with Crippen molar-refractivity contribution in [3.8, 4) is 22.1 Å². The molecule has 0 N–H and O–H groups in total. The molecule has 31 heavy (non-hydrogen) atoms. The van der Waals surface area contributed by atoms with Crippen LogP contribution in [0.25, 0.3) is 22.1 Å². The Morgan fingerprint density at radius 2 is 1.97 bits per heavy atom. The van der Waals surface area contributed by atoms with Gasteiger partial charge in [-0.25, -0.2) is 14.4 Å². The Morgan fingerprint density at radius 1 is 1.16 bits per heavy atom. The number of benzene rings is 1. The number of rotatable bonds is 3. The van der Waals surface area contributed by atoms with Gasteiger partial charge in [-0.2, -0.15) is 4.37 Å². The first-order chi connectivity index (χ1) is 15.0. The summed E-state index contributed by atoms with van der Waals surface area (Å²) in [6.45, 7) is 4.93. The molecule has 1 aliphatic heterocycles. The first-order valence-corrected chi connectivity index (χ1v) is 10.7. The minimum absolute atomic E-state index is 0.134. The Morgan fingerprint density at radius 3 is 2.65 bits per heavy atom. The van der Waals surface area contributed by atoms with Crippen molar-refractivity contribution >= 4 is 17.4 Å². The highest BCUT2D eigenvalue weighted by atomic mass is 32.1. The molecular weight excluding hydrogens is 415 g/mol. The van der Waals surface area contributed by atoms with Crippen molar-refractivity contribution < 1.29 is 9.18 Å². The van der Waals surface area contributed by atoms with Crippen molar-refractivity contribution in [3.05, 3.63) is 71.7 Å². The van der Waals surface area contributed by atoms with Crippen LogP contribution in [-0.4, -0.2) is 41.2 Å². The zero-order chi connectivity index (χ0) is 21.5. The highest BCUT2D eigenvalue weighted by Gasteiger charge is 2.34. The fourth-order valence-corrected chi connectivity index (χ4v) is 4.64. The minimum Gasteiger partial charge on any atom is -0.329 e. The molecule has 1 amide bonds. The Kier molecular flexibility index (Phi) is 4.82. The molecule has 0 unspecified atom stereocenters. The van der Waals surface area contributed by atoms with Gasteiger partial charge in [0.1, 0.15) is 11.6 Å². The molecule has 0 aliphatic carbocycles. The lowest BCUT2D eigenvalue weighted by Crippen LogP contribution is -2.41.